The Labute approximate surface area is 149 Å². The van der Waals surface area contributed by atoms with Gasteiger partial charge in [0.25, 0.3) is 0 Å². The second-order valence-corrected chi connectivity index (χ2v) is 6.07. The maximum atomic E-state index is 12.2. The topological polar surface area (TPSA) is 32.3 Å². The third-order valence-electron chi connectivity index (χ3n) is 3.74. The number of amides is 1. The summed E-state index contributed by atoms with van der Waals surface area (Å²) in [7, 11) is 0. The minimum atomic E-state index is -0.190. The van der Waals surface area contributed by atoms with E-state index in [-0.39, 0.29) is 5.91 Å². The maximum absolute atomic E-state index is 12.2. The van der Waals surface area contributed by atoms with E-state index >= 15 is 0 Å². The van der Waals surface area contributed by atoms with Gasteiger partial charge in [0, 0.05) is 19.2 Å². The van der Waals surface area contributed by atoms with E-state index in [0.29, 0.717) is 5.11 Å². The van der Waals surface area contributed by atoms with Crippen LogP contribution < -0.4 is 5.32 Å². The fourth-order valence-electron chi connectivity index (χ4n) is 2.64. The van der Waals surface area contributed by atoms with Crippen molar-refractivity contribution in [1.29, 1.82) is 0 Å². The van der Waals surface area contributed by atoms with E-state index in [2.05, 4.69) is 37.4 Å². The number of hydrogen-bond donors (Lipinski definition) is 1. The number of rotatable bonds is 6. The highest BCUT2D eigenvalue weighted by molar-refractivity contribution is 7.80. The van der Waals surface area contributed by atoms with Crippen molar-refractivity contribution in [3.8, 4) is 0 Å². The molecule has 2 aromatic rings. The molecule has 24 heavy (non-hydrogen) atoms. The second kappa shape index (κ2) is 9.18. The molecule has 0 aliphatic heterocycles. The van der Waals surface area contributed by atoms with Crippen LogP contribution in [-0.2, 0) is 4.79 Å². The molecular formula is C20H24N2OS. The second-order valence-electron chi connectivity index (χ2n) is 5.68. The Morgan fingerprint density at radius 1 is 1.08 bits per heavy atom. The normalized spacial score (nSPS) is 10.9. The first kappa shape index (κ1) is 18.1. The number of carbonyl (C=O) groups excluding carboxylic acids is 1. The zero-order valence-corrected chi connectivity index (χ0v) is 15.1. The molecule has 2 rings (SSSR count). The van der Waals surface area contributed by atoms with E-state index in [1.54, 1.807) is 6.08 Å². The standard InChI is InChI=1S/C20H24N2OS/c1-3-14-22(15-4-2)20(24)21-19(23)13-12-17-10-7-9-16-8-5-6-11-18(16)17/h5-13H,3-4,14-15H2,1-2H3,(H,21,23,24)/b13-12+. The lowest BCUT2D eigenvalue weighted by Crippen LogP contribution is -2.42. The minimum Gasteiger partial charge on any atom is -0.349 e. The Hall–Kier alpha value is -2.20. The van der Waals surface area contributed by atoms with Crippen molar-refractivity contribution in [1.82, 2.24) is 10.2 Å². The Kier molecular flexibility index (Phi) is 6.94. The Morgan fingerprint density at radius 2 is 1.75 bits per heavy atom. The van der Waals surface area contributed by atoms with Crippen molar-refractivity contribution in [2.24, 2.45) is 0 Å². The van der Waals surface area contributed by atoms with Crippen molar-refractivity contribution in [2.75, 3.05) is 13.1 Å². The van der Waals surface area contributed by atoms with Crippen molar-refractivity contribution in [2.45, 2.75) is 26.7 Å². The molecule has 0 aliphatic rings. The summed E-state index contributed by atoms with van der Waals surface area (Å²) in [6.07, 6.45) is 5.39. The molecule has 0 unspecified atom stereocenters. The molecule has 0 saturated carbocycles. The lowest BCUT2D eigenvalue weighted by molar-refractivity contribution is -0.115. The molecule has 0 fully saturated rings. The van der Waals surface area contributed by atoms with Gasteiger partial charge in [-0.2, -0.15) is 0 Å². The van der Waals surface area contributed by atoms with Crippen LogP contribution in [-0.4, -0.2) is 29.0 Å². The van der Waals surface area contributed by atoms with Crippen LogP contribution in [0.5, 0.6) is 0 Å². The molecule has 4 heteroatoms. The van der Waals surface area contributed by atoms with Gasteiger partial charge in [0.05, 0.1) is 0 Å². The van der Waals surface area contributed by atoms with Crippen LogP contribution in [0.15, 0.2) is 48.5 Å². The average Bonchev–Trinajstić information content (AvgIpc) is 2.59. The zero-order valence-electron chi connectivity index (χ0n) is 14.3. The molecule has 0 spiro atoms. The molecule has 1 N–H and O–H groups in total. The number of thiocarbonyl (C=S) groups is 1. The van der Waals surface area contributed by atoms with Crippen LogP contribution in [0.4, 0.5) is 0 Å². The van der Waals surface area contributed by atoms with Crippen LogP contribution in [0.2, 0.25) is 0 Å². The highest BCUT2D eigenvalue weighted by atomic mass is 32.1. The summed E-state index contributed by atoms with van der Waals surface area (Å²) in [5.74, 6) is -0.190. The number of hydrogen-bond acceptors (Lipinski definition) is 2. The van der Waals surface area contributed by atoms with Crippen LogP contribution in [0.3, 0.4) is 0 Å². The van der Waals surface area contributed by atoms with Gasteiger partial charge >= 0.3 is 0 Å². The third-order valence-corrected chi connectivity index (χ3v) is 4.10. The summed E-state index contributed by atoms with van der Waals surface area (Å²) in [6.45, 7) is 5.93. The van der Waals surface area contributed by atoms with Crippen LogP contribution in [0, 0.1) is 0 Å². The van der Waals surface area contributed by atoms with Crippen LogP contribution >= 0.6 is 12.2 Å². The van der Waals surface area contributed by atoms with E-state index in [1.165, 1.54) is 0 Å². The van der Waals surface area contributed by atoms with Crippen molar-refractivity contribution in [3.05, 3.63) is 54.1 Å². The van der Waals surface area contributed by atoms with Gasteiger partial charge in [-0.1, -0.05) is 56.3 Å². The summed E-state index contributed by atoms with van der Waals surface area (Å²) >= 11 is 5.35. The lowest BCUT2D eigenvalue weighted by Gasteiger charge is -2.23. The van der Waals surface area contributed by atoms with Gasteiger partial charge in [0.2, 0.25) is 5.91 Å². The molecular weight excluding hydrogens is 316 g/mol. The number of fused-ring (bicyclic) bond motifs is 1. The molecule has 126 valence electrons. The predicted molar refractivity (Wildman–Crippen MR) is 106 cm³/mol. The van der Waals surface area contributed by atoms with Gasteiger partial charge in [0.15, 0.2) is 5.11 Å². The Balaban J connectivity index is 2.05. The number of nitrogens with one attached hydrogen (secondary N) is 1. The number of carbonyl (C=O) groups is 1. The van der Waals surface area contributed by atoms with E-state index < -0.39 is 0 Å². The smallest absolute Gasteiger partial charge is 0.250 e. The fraction of sp³-hybridized carbons (Fsp3) is 0.300. The first-order chi connectivity index (χ1) is 11.7. The summed E-state index contributed by atoms with van der Waals surface area (Å²) in [4.78, 5) is 14.2. The molecule has 0 radical (unpaired) electrons. The number of nitrogens with zero attached hydrogens (tertiary/aromatic N) is 1. The molecule has 0 atom stereocenters. The molecule has 3 nitrogen and oxygen atoms in total. The predicted octanol–water partition coefficient (Wildman–Crippen LogP) is 4.38. The minimum absolute atomic E-state index is 0.190. The molecule has 1 amide bonds. The highest BCUT2D eigenvalue weighted by Gasteiger charge is 2.09. The lowest BCUT2D eigenvalue weighted by atomic mass is 10.0. The Bertz CT molecular complexity index is 728. The van der Waals surface area contributed by atoms with Crippen molar-refractivity contribution < 1.29 is 4.79 Å². The molecule has 0 aliphatic carbocycles. The van der Waals surface area contributed by atoms with Gasteiger partial charge in [-0.05, 0) is 47.5 Å². The highest BCUT2D eigenvalue weighted by Crippen LogP contribution is 2.19. The molecule has 0 heterocycles. The third kappa shape index (κ3) is 4.90. The summed E-state index contributed by atoms with van der Waals surface area (Å²) in [6, 6.07) is 14.2. The SMILES string of the molecule is CCCN(CCC)C(=S)NC(=O)/C=C/c1cccc2ccccc12. The van der Waals surface area contributed by atoms with Gasteiger partial charge in [-0.3, -0.25) is 10.1 Å². The van der Waals surface area contributed by atoms with Gasteiger partial charge < -0.3 is 4.90 Å². The quantitative estimate of drug-likeness (QED) is 0.626. The van der Waals surface area contributed by atoms with E-state index in [9.17, 15) is 4.79 Å². The fourth-order valence-corrected chi connectivity index (χ4v) is 2.93. The van der Waals surface area contributed by atoms with Crippen LogP contribution in [0.25, 0.3) is 16.8 Å². The number of benzene rings is 2. The van der Waals surface area contributed by atoms with Gasteiger partial charge in [0.1, 0.15) is 0 Å². The molecule has 2 aromatic carbocycles. The average molecular weight is 340 g/mol. The van der Waals surface area contributed by atoms with E-state index in [4.69, 9.17) is 12.2 Å². The summed E-state index contributed by atoms with van der Waals surface area (Å²) in [5, 5.41) is 5.60. The van der Waals surface area contributed by atoms with Gasteiger partial charge in [-0.15, -0.1) is 0 Å². The van der Waals surface area contributed by atoms with Crippen LogP contribution in [0.1, 0.15) is 32.3 Å². The van der Waals surface area contributed by atoms with E-state index in [0.717, 1.165) is 42.3 Å². The maximum Gasteiger partial charge on any atom is 0.250 e. The summed E-state index contributed by atoms with van der Waals surface area (Å²) in [5.41, 5.74) is 1.02. The zero-order chi connectivity index (χ0) is 17.4. The largest absolute Gasteiger partial charge is 0.349 e. The van der Waals surface area contributed by atoms with Crippen molar-refractivity contribution >= 4 is 40.1 Å². The first-order valence-electron chi connectivity index (χ1n) is 8.41. The summed E-state index contributed by atoms with van der Waals surface area (Å²) < 4.78 is 0. The van der Waals surface area contributed by atoms with Gasteiger partial charge in [-0.25, -0.2) is 0 Å². The Morgan fingerprint density at radius 3 is 2.46 bits per heavy atom. The molecule has 0 bridgehead atoms. The molecule has 0 aromatic heterocycles. The van der Waals surface area contributed by atoms with E-state index in [1.807, 2.05) is 35.2 Å². The molecule has 0 saturated heterocycles. The monoisotopic (exact) mass is 340 g/mol. The first-order valence-corrected chi connectivity index (χ1v) is 8.82. The van der Waals surface area contributed by atoms with Crippen molar-refractivity contribution in [3.63, 3.8) is 0 Å².